The summed E-state index contributed by atoms with van der Waals surface area (Å²) in [7, 11) is 0. The molecule has 6 nitrogen and oxygen atoms in total. The van der Waals surface area contributed by atoms with Crippen molar-refractivity contribution < 1.29 is 14.3 Å². The highest BCUT2D eigenvalue weighted by Gasteiger charge is 2.12. The normalized spacial score (nSPS) is 10.4. The van der Waals surface area contributed by atoms with Gasteiger partial charge >= 0.3 is 0 Å². The molecule has 0 bridgehead atoms. The summed E-state index contributed by atoms with van der Waals surface area (Å²) in [4.78, 5) is 28.5. The molecule has 2 amide bonds. The topological polar surface area (TPSA) is 80.3 Å². The van der Waals surface area contributed by atoms with Crippen molar-refractivity contribution in [1.82, 2.24) is 10.3 Å². The van der Waals surface area contributed by atoms with E-state index in [4.69, 9.17) is 4.74 Å². The molecule has 1 aromatic carbocycles. The number of anilines is 1. The maximum absolute atomic E-state index is 12.3. The van der Waals surface area contributed by atoms with Crippen LogP contribution in [0.15, 0.2) is 42.6 Å². The Morgan fingerprint density at radius 3 is 2.48 bits per heavy atom. The summed E-state index contributed by atoms with van der Waals surface area (Å²) in [6.07, 6.45) is 1.46. The van der Waals surface area contributed by atoms with Crippen molar-refractivity contribution in [3.63, 3.8) is 0 Å². The number of rotatable bonds is 7. The maximum atomic E-state index is 12.3. The van der Waals surface area contributed by atoms with Crippen LogP contribution in [0.2, 0.25) is 0 Å². The van der Waals surface area contributed by atoms with Gasteiger partial charge in [-0.3, -0.25) is 14.6 Å². The fourth-order valence-electron chi connectivity index (χ4n) is 2.09. The number of aromatic nitrogens is 1. The Hall–Kier alpha value is -2.89. The lowest BCUT2D eigenvalue weighted by Crippen LogP contribution is -2.27. The molecule has 2 aromatic rings. The average molecular weight is 341 g/mol. The number of nitrogens with one attached hydrogen (secondary N) is 2. The minimum Gasteiger partial charge on any atom is -0.494 e. The van der Waals surface area contributed by atoms with Crippen LogP contribution in [-0.4, -0.2) is 29.9 Å². The summed E-state index contributed by atoms with van der Waals surface area (Å²) in [5.41, 5.74) is 1.23. The summed E-state index contributed by atoms with van der Waals surface area (Å²) >= 11 is 0. The largest absolute Gasteiger partial charge is 0.494 e. The van der Waals surface area contributed by atoms with E-state index in [2.05, 4.69) is 15.6 Å². The number of hydrogen-bond donors (Lipinski definition) is 2. The van der Waals surface area contributed by atoms with E-state index in [1.165, 1.54) is 12.3 Å². The van der Waals surface area contributed by atoms with E-state index in [1.54, 1.807) is 30.3 Å². The van der Waals surface area contributed by atoms with E-state index in [-0.39, 0.29) is 17.5 Å². The fraction of sp³-hybridized carbons (Fsp3) is 0.316. The van der Waals surface area contributed by atoms with Crippen molar-refractivity contribution in [2.24, 2.45) is 5.92 Å². The second-order valence-electron chi connectivity index (χ2n) is 5.95. The van der Waals surface area contributed by atoms with E-state index in [0.29, 0.717) is 30.3 Å². The van der Waals surface area contributed by atoms with Gasteiger partial charge in [0.2, 0.25) is 0 Å². The summed E-state index contributed by atoms with van der Waals surface area (Å²) in [6.45, 7) is 7.10. The molecule has 2 N–H and O–H groups in total. The van der Waals surface area contributed by atoms with E-state index >= 15 is 0 Å². The second kappa shape index (κ2) is 8.82. The van der Waals surface area contributed by atoms with Gasteiger partial charge in [0.25, 0.3) is 11.8 Å². The van der Waals surface area contributed by atoms with Gasteiger partial charge in [0.05, 0.1) is 6.61 Å². The maximum Gasteiger partial charge on any atom is 0.274 e. The Labute approximate surface area is 147 Å². The molecule has 1 aromatic heterocycles. The lowest BCUT2D eigenvalue weighted by atomic mass is 10.2. The van der Waals surface area contributed by atoms with Crippen molar-refractivity contribution >= 4 is 17.5 Å². The molecule has 132 valence electrons. The number of nitrogens with zero attached hydrogens (tertiary/aromatic N) is 1. The van der Waals surface area contributed by atoms with Crippen LogP contribution in [0.3, 0.4) is 0 Å². The summed E-state index contributed by atoms with van der Waals surface area (Å²) in [6, 6.07) is 10.1. The SMILES string of the molecule is CCOc1ccc(NC(=O)c2cc(C(=O)NCC(C)C)ccn2)cc1. The Kier molecular flexibility index (Phi) is 6.51. The molecular weight excluding hydrogens is 318 g/mol. The lowest BCUT2D eigenvalue weighted by molar-refractivity contribution is 0.0949. The summed E-state index contributed by atoms with van der Waals surface area (Å²) in [5, 5.41) is 5.58. The quantitative estimate of drug-likeness (QED) is 0.811. The zero-order valence-corrected chi connectivity index (χ0v) is 14.7. The number of hydrogen-bond acceptors (Lipinski definition) is 4. The number of carbonyl (C=O) groups excluding carboxylic acids is 2. The van der Waals surface area contributed by atoms with Crippen LogP contribution >= 0.6 is 0 Å². The molecule has 0 unspecified atom stereocenters. The van der Waals surface area contributed by atoms with Crippen LogP contribution in [-0.2, 0) is 0 Å². The van der Waals surface area contributed by atoms with Gasteiger partial charge in [-0.15, -0.1) is 0 Å². The second-order valence-corrected chi connectivity index (χ2v) is 5.95. The number of amides is 2. The molecule has 0 aliphatic heterocycles. The molecule has 1 heterocycles. The molecule has 0 saturated carbocycles. The van der Waals surface area contributed by atoms with Crippen LogP contribution in [0, 0.1) is 5.92 Å². The first-order chi connectivity index (χ1) is 12.0. The predicted molar refractivity (Wildman–Crippen MR) is 97.0 cm³/mol. The van der Waals surface area contributed by atoms with E-state index in [9.17, 15) is 9.59 Å². The van der Waals surface area contributed by atoms with Gasteiger partial charge in [-0.25, -0.2) is 0 Å². The first kappa shape index (κ1) is 18.4. The molecule has 0 aliphatic carbocycles. The Bertz CT molecular complexity index is 727. The molecule has 0 fully saturated rings. The van der Waals surface area contributed by atoms with Gasteiger partial charge in [-0.1, -0.05) is 13.8 Å². The Morgan fingerprint density at radius 2 is 1.84 bits per heavy atom. The molecule has 6 heteroatoms. The highest BCUT2D eigenvalue weighted by atomic mass is 16.5. The molecule has 0 atom stereocenters. The molecule has 25 heavy (non-hydrogen) atoms. The van der Waals surface area contributed by atoms with Crippen LogP contribution < -0.4 is 15.4 Å². The van der Waals surface area contributed by atoms with Gasteiger partial charge in [-0.2, -0.15) is 0 Å². The van der Waals surface area contributed by atoms with Crippen molar-refractivity contribution in [2.45, 2.75) is 20.8 Å². The highest BCUT2D eigenvalue weighted by Crippen LogP contribution is 2.16. The molecular formula is C19H23N3O3. The van der Waals surface area contributed by atoms with E-state index < -0.39 is 0 Å². The minimum atomic E-state index is -0.373. The number of carbonyl (C=O) groups is 2. The van der Waals surface area contributed by atoms with Gasteiger partial charge in [-0.05, 0) is 49.2 Å². The van der Waals surface area contributed by atoms with Crippen molar-refractivity contribution in [1.29, 1.82) is 0 Å². The van der Waals surface area contributed by atoms with Gasteiger partial charge in [0, 0.05) is 24.0 Å². The fourth-order valence-corrected chi connectivity index (χ4v) is 2.09. The molecule has 0 aliphatic rings. The Morgan fingerprint density at radius 1 is 1.12 bits per heavy atom. The van der Waals surface area contributed by atoms with Gasteiger partial charge in [0.15, 0.2) is 0 Å². The van der Waals surface area contributed by atoms with Crippen molar-refractivity contribution in [3.8, 4) is 5.75 Å². The van der Waals surface area contributed by atoms with E-state index in [0.717, 1.165) is 5.75 Å². The Balaban J connectivity index is 2.04. The smallest absolute Gasteiger partial charge is 0.274 e. The molecule has 0 spiro atoms. The van der Waals surface area contributed by atoms with Crippen molar-refractivity contribution in [3.05, 3.63) is 53.9 Å². The average Bonchev–Trinajstić information content (AvgIpc) is 2.61. The third kappa shape index (κ3) is 5.60. The van der Waals surface area contributed by atoms with E-state index in [1.807, 2.05) is 20.8 Å². The number of benzene rings is 1. The van der Waals surface area contributed by atoms with Crippen molar-refractivity contribution in [2.75, 3.05) is 18.5 Å². The minimum absolute atomic E-state index is 0.186. The summed E-state index contributed by atoms with van der Waals surface area (Å²) in [5.74, 6) is 0.504. The molecule has 0 saturated heterocycles. The van der Waals surface area contributed by atoms with Crippen LogP contribution in [0.5, 0.6) is 5.75 Å². The van der Waals surface area contributed by atoms with Gasteiger partial charge in [0.1, 0.15) is 11.4 Å². The first-order valence-corrected chi connectivity index (χ1v) is 8.28. The lowest BCUT2D eigenvalue weighted by Gasteiger charge is -2.09. The third-order valence-corrected chi connectivity index (χ3v) is 3.35. The predicted octanol–water partition coefficient (Wildman–Crippen LogP) is 3.12. The van der Waals surface area contributed by atoms with Gasteiger partial charge < -0.3 is 15.4 Å². The first-order valence-electron chi connectivity index (χ1n) is 8.28. The monoisotopic (exact) mass is 341 g/mol. The zero-order chi connectivity index (χ0) is 18.2. The standard InChI is InChI=1S/C19H23N3O3/c1-4-25-16-7-5-15(6-8-16)22-19(24)17-11-14(9-10-20-17)18(23)21-12-13(2)3/h5-11,13H,4,12H2,1-3H3,(H,21,23)(H,22,24). The molecule has 2 rings (SSSR count). The summed E-state index contributed by atoms with van der Waals surface area (Å²) < 4.78 is 5.36. The molecule has 0 radical (unpaired) electrons. The van der Waals surface area contributed by atoms with Crippen LogP contribution in [0.25, 0.3) is 0 Å². The van der Waals surface area contributed by atoms with Crippen LogP contribution in [0.1, 0.15) is 41.6 Å². The van der Waals surface area contributed by atoms with Crippen LogP contribution in [0.4, 0.5) is 5.69 Å². The third-order valence-electron chi connectivity index (χ3n) is 3.35. The highest BCUT2D eigenvalue weighted by molar-refractivity contribution is 6.04. The number of pyridine rings is 1. The zero-order valence-electron chi connectivity index (χ0n) is 14.7. The number of ether oxygens (including phenoxy) is 1.